The van der Waals surface area contributed by atoms with Gasteiger partial charge in [-0.25, -0.2) is 4.98 Å². The van der Waals surface area contributed by atoms with Crippen LogP contribution in [-0.4, -0.2) is 21.8 Å². The van der Waals surface area contributed by atoms with E-state index in [1.54, 1.807) is 24.5 Å². The number of carbonyl (C=O) groups is 2. The zero-order valence-corrected chi connectivity index (χ0v) is 13.0. The largest absolute Gasteiger partial charge is 0.366 e. The highest BCUT2D eigenvalue weighted by Crippen LogP contribution is 2.25. The van der Waals surface area contributed by atoms with Crippen LogP contribution in [0.3, 0.4) is 0 Å². The van der Waals surface area contributed by atoms with Gasteiger partial charge in [0.15, 0.2) is 0 Å². The van der Waals surface area contributed by atoms with Crippen molar-refractivity contribution in [1.82, 2.24) is 9.97 Å². The van der Waals surface area contributed by atoms with E-state index < -0.39 is 5.91 Å². The van der Waals surface area contributed by atoms with E-state index in [1.807, 2.05) is 30.3 Å². The van der Waals surface area contributed by atoms with Gasteiger partial charge in [-0.2, -0.15) is 0 Å². The van der Waals surface area contributed by atoms with Gasteiger partial charge in [-0.05, 0) is 17.7 Å². The standard InChI is InChI=1S/C18H16N4O2/c1-11(23)22-14-8-16-13(9-20-18(16)21-10-14)7-15(17(19)24)12-5-3-2-4-6-12/h2-10H,1H3,(H2,19,24)(H,20,21)(H,22,23)/b15-7+. The summed E-state index contributed by atoms with van der Waals surface area (Å²) in [6, 6.07) is 11.0. The van der Waals surface area contributed by atoms with Crippen molar-refractivity contribution >= 4 is 40.2 Å². The van der Waals surface area contributed by atoms with Gasteiger partial charge in [-0.3, -0.25) is 9.59 Å². The van der Waals surface area contributed by atoms with Crippen molar-refractivity contribution in [3.63, 3.8) is 0 Å². The molecule has 0 fully saturated rings. The van der Waals surface area contributed by atoms with Gasteiger partial charge in [0.25, 0.3) is 0 Å². The van der Waals surface area contributed by atoms with E-state index >= 15 is 0 Å². The van der Waals surface area contributed by atoms with Crippen LogP contribution in [-0.2, 0) is 9.59 Å². The lowest BCUT2D eigenvalue weighted by molar-refractivity contribution is -0.114. The molecule has 120 valence electrons. The third-order valence-electron chi connectivity index (χ3n) is 3.53. The van der Waals surface area contributed by atoms with Gasteiger partial charge in [0, 0.05) is 29.6 Å². The van der Waals surface area contributed by atoms with E-state index in [2.05, 4.69) is 15.3 Å². The molecule has 1 aromatic carbocycles. The van der Waals surface area contributed by atoms with Crippen LogP contribution in [0.2, 0.25) is 0 Å². The van der Waals surface area contributed by atoms with Crippen LogP contribution in [0.5, 0.6) is 0 Å². The molecule has 0 bridgehead atoms. The molecule has 0 radical (unpaired) electrons. The van der Waals surface area contributed by atoms with Gasteiger partial charge < -0.3 is 16.0 Å². The fourth-order valence-electron chi connectivity index (χ4n) is 2.48. The van der Waals surface area contributed by atoms with Gasteiger partial charge in [0.1, 0.15) is 5.65 Å². The quantitative estimate of drug-likeness (QED) is 0.644. The number of nitrogens with two attached hydrogens (primary N) is 1. The lowest BCUT2D eigenvalue weighted by atomic mass is 10.0. The number of H-pyrrole nitrogens is 1. The third kappa shape index (κ3) is 3.17. The summed E-state index contributed by atoms with van der Waals surface area (Å²) in [6.07, 6.45) is 5.04. The number of pyridine rings is 1. The molecule has 3 rings (SSSR count). The number of anilines is 1. The van der Waals surface area contributed by atoms with Crippen molar-refractivity contribution in [2.24, 2.45) is 5.73 Å². The molecule has 3 aromatic rings. The Hall–Kier alpha value is -3.41. The SMILES string of the molecule is CC(=O)Nc1cnc2[nH]cc(/C=C(/C(N)=O)c3ccccc3)c2c1. The summed E-state index contributed by atoms with van der Waals surface area (Å²) >= 11 is 0. The number of primary amides is 1. The van der Waals surface area contributed by atoms with Crippen LogP contribution in [0.1, 0.15) is 18.1 Å². The summed E-state index contributed by atoms with van der Waals surface area (Å²) in [6.45, 7) is 1.43. The molecule has 24 heavy (non-hydrogen) atoms. The van der Waals surface area contributed by atoms with E-state index in [0.717, 1.165) is 16.5 Å². The molecule has 0 saturated carbocycles. The Morgan fingerprint density at radius 1 is 1.25 bits per heavy atom. The zero-order valence-electron chi connectivity index (χ0n) is 13.0. The molecule has 0 atom stereocenters. The highest BCUT2D eigenvalue weighted by molar-refractivity contribution is 6.24. The Bertz CT molecular complexity index is 942. The maximum Gasteiger partial charge on any atom is 0.249 e. The second-order valence-electron chi connectivity index (χ2n) is 5.33. The van der Waals surface area contributed by atoms with Crippen molar-refractivity contribution in [3.05, 3.63) is 59.9 Å². The number of benzene rings is 1. The van der Waals surface area contributed by atoms with Crippen LogP contribution >= 0.6 is 0 Å². The van der Waals surface area contributed by atoms with Crippen molar-refractivity contribution in [2.75, 3.05) is 5.32 Å². The lowest BCUT2D eigenvalue weighted by Gasteiger charge is -2.04. The number of fused-ring (bicyclic) bond motifs is 1. The Morgan fingerprint density at radius 3 is 2.67 bits per heavy atom. The Balaban J connectivity index is 2.10. The highest BCUT2D eigenvalue weighted by Gasteiger charge is 2.11. The molecule has 4 N–H and O–H groups in total. The van der Waals surface area contributed by atoms with Crippen LogP contribution in [0.25, 0.3) is 22.7 Å². The summed E-state index contributed by atoms with van der Waals surface area (Å²) in [4.78, 5) is 30.4. The van der Waals surface area contributed by atoms with Crippen molar-refractivity contribution in [3.8, 4) is 0 Å². The molecule has 0 spiro atoms. The minimum absolute atomic E-state index is 0.175. The van der Waals surface area contributed by atoms with Crippen molar-refractivity contribution in [1.29, 1.82) is 0 Å². The lowest BCUT2D eigenvalue weighted by Crippen LogP contribution is -2.12. The van der Waals surface area contributed by atoms with Crippen LogP contribution in [0, 0.1) is 0 Å². The van der Waals surface area contributed by atoms with Gasteiger partial charge in [0.2, 0.25) is 11.8 Å². The number of amides is 2. The minimum atomic E-state index is -0.512. The molecule has 2 aromatic heterocycles. The van der Waals surface area contributed by atoms with Gasteiger partial charge >= 0.3 is 0 Å². The average molecular weight is 320 g/mol. The molecule has 0 aliphatic carbocycles. The number of rotatable bonds is 4. The number of carbonyl (C=O) groups excluding carboxylic acids is 2. The second-order valence-corrected chi connectivity index (χ2v) is 5.33. The highest BCUT2D eigenvalue weighted by atomic mass is 16.1. The van der Waals surface area contributed by atoms with E-state index in [9.17, 15) is 9.59 Å². The van der Waals surface area contributed by atoms with Gasteiger partial charge in [-0.1, -0.05) is 30.3 Å². The van der Waals surface area contributed by atoms with E-state index in [-0.39, 0.29) is 5.91 Å². The summed E-state index contributed by atoms with van der Waals surface area (Å²) in [5.41, 5.74) is 8.69. The number of hydrogen-bond donors (Lipinski definition) is 3. The first kappa shape index (κ1) is 15.5. The molecule has 6 heteroatoms. The number of hydrogen-bond acceptors (Lipinski definition) is 3. The fourth-order valence-corrected chi connectivity index (χ4v) is 2.48. The maximum absolute atomic E-state index is 11.8. The maximum atomic E-state index is 11.8. The molecule has 6 nitrogen and oxygen atoms in total. The molecule has 0 aliphatic rings. The number of aromatic nitrogens is 2. The molecule has 0 saturated heterocycles. The zero-order chi connectivity index (χ0) is 17.1. The summed E-state index contributed by atoms with van der Waals surface area (Å²) < 4.78 is 0. The van der Waals surface area contributed by atoms with E-state index in [0.29, 0.717) is 16.9 Å². The molecule has 0 aliphatic heterocycles. The Labute approximate surface area is 138 Å². The van der Waals surface area contributed by atoms with Crippen molar-refractivity contribution in [2.45, 2.75) is 6.92 Å². The number of aromatic amines is 1. The van der Waals surface area contributed by atoms with E-state index in [4.69, 9.17) is 5.73 Å². The third-order valence-corrected chi connectivity index (χ3v) is 3.53. The fraction of sp³-hybridized carbons (Fsp3) is 0.0556. The minimum Gasteiger partial charge on any atom is -0.366 e. The first-order valence-electron chi connectivity index (χ1n) is 7.36. The molecule has 0 unspecified atom stereocenters. The monoisotopic (exact) mass is 320 g/mol. The Kier molecular flexibility index (Phi) is 4.11. The predicted molar refractivity (Wildman–Crippen MR) is 93.9 cm³/mol. The number of nitrogens with zero attached hydrogens (tertiary/aromatic N) is 1. The average Bonchev–Trinajstić information content (AvgIpc) is 2.95. The molecule has 2 amide bonds. The van der Waals surface area contributed by atoms with Crippen LogP contribution < -0.4 is 11.1 Å². The molecule has 2 heterocycles. The molecular formula is C18H16N4O2. The van der Waals surface area contributed by atoms with Crippen molar-refractivity contribution < 1.29 is 9.59 Å². The first-order valence-corrected chi connectivity index (χ1v) is 7.36. The van der Waals surface area contributed by atoms with E-state index in [1.165, 1.54) is 6.92 Å². The normalized spacial score (nSPS) is 11.5. The van der Waals surface area contributed by atoms with Crippen LogP contribution in [0.4, 0.5) is 5.69 Å². The second kappa shape index (κ2) is 6.37. The topological polar surface area (TPSA) is 101 Å². The molecular weight excluding hydrogens is 304 g/mol. The predicted octanol–water partition coefficient (Wildman–Crippen LogP) is 2.55. The number of nitrogens with one attached hydrogen (secondary N) is 2. The van der Waals surface area contributed by atoms with Gasteiger partial charge in [0.05, 0.1) is 11.9 Å². The summed E-state index contributed by atoms with van der Waals surface area (Å²) in [5.74, 6) is -0.688. The van der Waals surface area contributed by atoms with Gasteiger partial charge in [-0.15, -0.1) is 0 Å². The smallest absolute Gasteiger partial charge is 0.249 e. The summed E-state index contributed by atoms with van der Waals surface area (Å²) in [7, 11) is 0. The Morgan fingerprint density at radius 2 is 2.00 bits per heavy atom. The summed E-state index contributed by atoms with van der Waals surface area (Å²) in [5, 5.41) is 3.48. The first-order chi connectivity index (χ1) is 11.5. The van der Waals surface area contributed by atoms with Crippen LogP contribution in [0.15, 0.2) is 48.8 Å².